The summed E-state index contributed by atoms with van der Waals surface area (Å²) < 4.78 is 7.07. The van der Waals surface area contributed by atoms with Crippen molar-refractivity contribution in [3.63, 3.8) is 0 Å². The molecule has 4 heteroatoms. The first-order valence-electron chi connectivity index (χ1n) is 5.50. The highest BCUT2D eigenvalue weighted by Crippen LogP contribution is 2.19. The van der Waals surface area contributed by atoms with Crippen LogP contribution in [0, 0.1) is 6.92 Å². The number of benzene rings is 1. The van der Waals surface area contributed by atoms with Crippen molar-refractivity contribution < 1.29 is 4.74 Å². The average Bonchev–Trinajstić information content (AvgIpc) is 2.72. The lowest BCUT2D eigenvalue weighted by Crippen LogP contribution is -2.09. The first-order chi connectivity index (χ1) is 8.11. The molecular weight excluding hydrogens is 214 g/mol. The summed E-state index contributed by atoms with van der Waals surface area (Å²) in [5, 5.41) is 4.54. The van der Waals surface area contributed by atoms with Gasteiger partial charge in [0, 0.05) is 25.9 Å². The van der Waals surface area contributed by atoms with E-state index >= 15 is 0 Å². The fourth-order valence-electron chi connectivity index (χ4n) is 1.66. The van der Waals surface area contributed by atoms with Gasteiger partial charge in [-0.1, -0.05) is 0 Å². The zero-order chi connectivity index (χ0) is 12.4. The van der Waals surface area contributed by atoms with Gasteiger partial charge in [0.15, 0.2) is 5.82 Å². The summed E-state index contributed by atoms with van der Waals surface area (Å²) in [6, 6.07) is 9.93. The maximum atomic E-state index is 5.14. The molecule has 4 nitrogen and oxygen atoms in total. The minimum absolute atomic E-state index is 0.853. The van der Waals surface area contributed by atoms with Crippen LogP contribution in [0.1, 0.15) is 5.69 Å². The van der Waals surface area contributed by atoms with E-state index in [1.54, 1.807) is 7.11 Å². The van der Waals surface area contributed by atoms with E-state index in [0.717, 1.165) is 22.9 Å². The lowest BCUT2D eigenvalue weighted by molar-refractivity contribution is 0.414. The van der Waals surface area contributed by atoms with Crippen molar-refractivity contribution in [3.8, 4) is 11.4 Å². The van der Waals surface area contributed by atoms with E-state index in [0.29, 0.717) is 0 Å². The number of hydrogen-bond acceptors (Lipinski definition) is 3. The van der Waals surface area contributed by atoms with Crippen molar-refractivity contribution in [1.82, 2.24) is 9.78 Å². The second-order valence-corrected chi connectivity index (χ2v) is 4.15. The minimum Gasteiger partial charge on any atom is -0.497 e. The molecule has 0 spiro atoms. The first kappa shape index (κ1) is 11.5. The highest BCUT2D eigenvalue weighted by Gasteiger charge is 2.07. The Hall–Kier alpha value is -1.97. The van der Waals surface area contributed by atoms with E-state index in [9.17, 15) is 0 Å². The summed E-state index contributed by atoms with van der Waals surface area (Å²) in [5.74, 6) is 1.81. The van der Waals surface area contributed by atoms with Gasteiger partial charge in [-0.3, -0.25) is 0 Å². The molecule has 1 heterocycles. The molecule has 0 atom stereocenters. The highest BCUT2D eigenvalue weighted by atomic mass is 16.5. The predicted octanol–water partition coefficient (Wildman–Crippen LogP) is 2.26. The van der Waals surface area contributed by atoms with Gasteiger partial charge < -0.3 is 9.64 Å². The largest absolute Gasteiger partial charge is 0.497 e. The predicted molar refractivity (Wildman–Crippen MR) is 69.2 cm³/mol. The molecule has 0 fully saturated rings. The van der Waals surface area contributed by atoms with Crippen LogP contribution in [0.3, 0.4) is 0 Å². The van der Waals surface area contributed by atoms with Gasteiger partial charge in [-0.05, 0) is 31.2 Å². The van der Waals surface area contributed by atoms with E-state index in [4.69, 9.17) is 4.74 Å². The second-order valence-electron chi connectivity index (χ2n) is 4.15. The molecule has 0 radical (unpaired) electrons. The van der Waals surface area contributed by atoms with Crippen LogP contribution in [-0.4, -0.2) is 31.0 Å². The van der Waals surface area contributed by atoms with Crippen LogP contribution in [0.25, 0.3) is 5.69 Å². The molecule has 0 saturated heterocycles. The van der Waals surface area contributed by atoms with Crippen LogP contribution in [0.2, 0.25) is 0 Å². The molecule has 0 aliphatic carbocycles. The van der Waals surface area contributed by atoms with Crippen molar-refractivity contribution in [2.24, 2.45) is 0 Å². The summed E-state index contributed by atoms with van der Waals surface area (Å²) in [6.45, 7) is 2.05. The first-order valence-corrected chi connectivity index (χ1v) is 5.50. The zero-order valence-electron chi connectivity index (χ0n) is 10.6. The van der Waals surface area contributed by atoms with Crippen molar-refractivity contribution >= 4 is 5.82 Å². The Balaban J connectivity index is 2.38. The third kappa shape index (κ3) is 2.25. The number of methoxy groups -OCH3 is 1. The molecule has 0 unspecified atom stereocenters. The molecule has 0 aliphatic rings. The molecule has 1 aromatic heterocycles. The summed E-state index contributed by atoms with van der Waals surface area (Å²) >= 11 is 0. The third-order valence-electron chi connectivity index (χ3n) is 2.65. The van der Waals surface area contributed by atoms with Crippen molar-refractivity contribution in [1.29, 1.82) is 0 Å². The molecule has 0 N–H and O–H groups in total. The Morgan fingerprint density at radius 3 is 2.29 bits per heavy atom. The minimum atomic E-state index is 0.853. The normalized spacial score (nSPS) is 10.4. The van der Waals surface area contributed by atoms with Gasteiger partial charge in [0.2, 0.25) is 0 Å². The van der Waals surface area contributed by atoms with E-state index in [1.807, 2.05) is 54.9 Å². The van der Waals surface area contributed by atoms with Crippen LogP contribution in [0.15, 0.2) is 30.3 Å². The SMILES string of the molecule is COc1ccc(-n2nc(N(C)C)cc2C)cc1. The molecule has 1 aromatic carbocycles. The fourth-order valence-corrected chi connectivity index (χ4v) is 1.66. The lowest BCUT2D eigenvalue weighted by atomic mass is 10.3. The van der Waals surface area contributed by atoms with Gasteiger partial charge >= 0.3 is 0 Å². The van der Waals surface area contributed by atoms with Crippen LogP contribution in [0.4, 0.5) is 5.82 Å². The van der Waals surface area contributed by atoms with Gasteiger partial charge in [0.05, 0.1) is 12.8 Å². The van der Waals surface area contributed by atoms with Gasteiger partial charge in [-0.2, -0.15) is 5.10 Å². The smallest absolute Gasteiger partial charge is 0.150 e. The van der Waals surface area contributed by atoms with Gasteiger partial charge in [-0.15, -0.1) is 0 Å². The Morgan fingerprint density at radius 2 is 1.82 bits per heavy atom. The van der Waals surface area contributed by atoms with E-state index in [1.165, 1.54) is 0 Å². The average molecular weight is 231 g/mol. The fraction of sp³-hybridized carbons (Fsp3) is 0.308. The van der Waals surface area contributed by atoms with Gasteiger partial charge in [0.25, 0.3) is 0 Å². The summed E-state index contributed by atoms with van der Waals surface area (Å²) in [7, 11) is 5.64. The molecule has 2 aromatic rings. The van der Waals surface area contributed by atoms with Crippen molar-refractivity contribution in [2.45, 2.75) is 6.92 Å². The van der Waals surface area contributed by atoms with Crippen molar-refractivity contribution in [2.75, 3.05) is 26.1 Å². The Kier molecular flexibility index (Phi) is 3.04. The second kappa shape index (κ2) is 4.49. The Labute approximate surface area is 101 Å². The number of ether oxygens (including phenoxy) is 1. The molecule has 2 rings (SSSR count). The monoisotopic (exact) mass is 231 g/mol. The number of aryl methyl sites for hydroxylation is 1. The number of aromatic nitrogens is 2. The van der Waals surface area contributed by atoms with E-state index in [-0.39, 0.29) is 0 Å². The molecular formula is C13H17N3O. The van der Waals surface area contributed by atoms with Gasteiger partial charge in [-0.25, -0.2) is 4.68 Å². The van der Waals surface area contributed by atoms with Crippen LogP contribution in [-0.2, 0) is 0 Å². The summed E-state index contributed by atoms with van der Waals surface area (Å²) in [6.07, 6.45) is 0. The lowest BCUT2D eigenvalue weighted by Gasteiger charge is -2.07. The van der Waals surface area contributed by atoms with E-state index < -0.39 is 0 Å². The molecule has 0 amide bonds. The standard InChI is InChI=1S/C13H17N3O/c1-10-9-13(15(2)3)14-16(10)11-5-7-12(17-4)8-6-11/h5-9H,1-4H3. The van der Waals surface area contributed by atoms with Gasteiger partial charge in [0.1, 0.15) is 5.75 Å². The number of nitrogens with zero attached hydrogens (tertiary/aromatic N) is 3. The van der Waals surface area contributed by atoms with Crippen LogP contribution < -0.4 is 9.64 Å². The molecule has 0 saturated carbocycles. The van der Waals surface area contributed by atoms with Crippen molar-refractivity contribution in [3.05, 3.63) is 36.0 Å². The van der Waals surface area contributed by atoms with E-state index in [2.05, 4.69) is 11.2 Å². The Morgan fingerprint density at radius 1 is 1.18 bits per heavy atom. The molecule has 0 bridgehead atoms. The maximum Gasteiger partial charge on any atom is 0.150 e. The maximum absolute atomic E-state index is 5.14. The highest BCUT2D eigenvalue weighted by molar-refractivity contribution is 5.44. The van der Waals surface area contributed by atoms with Crippen LogP contribution in [0.5, 0.6) is 5.75 Å². The molecule has 0 aliphatic heterocycles. The Bertz CT molecular complexity index is 500. The molecule has 90 valence electrons. The number of anilines is 1. The number of hydrogen-bond donors (Lipinski definition) is 0. The summed E-state index contributed by atoms with van der Waals surface area (Å²) in [4.78, 5) is 1.99. The quantitative estimate of drug-likeness (QED) is 0.811. The number of rotatable bonds is 3. The molecule has 17 heavy (non-hydrogen) atoms. The zero-order valence-corrected chi connectivity index (χ0v) is 10.6. The summed E-state index contributed by atoms with van der Waals surface area (Å²) in [5.41, 5.74) is 2.15. The van der Waals surface area contributed by atoms with Crippen LogP contribution >= 0.6 is 0 Å². The third-order valence-corrected chi connectivity index (χ3v) is 2.65. The topological polar surface area (TPSA) is 30.3 Å².